The van der Waals surface area contributed by atoms with E-state index in [9.17, 15) is 4.79 Å². The van der Waals surface area contributed by atoms with Gasteiger partial charge in [0.1, 0.15) is 5.69 Å². The van der Waals surface area contributed by atoms with Crippen molar-refractivity contribution in [1.82, 2.24) is 10.7 Å². The first-order valence-corrected chi connectivity index (χ1v) is 3.52. The summed E-state index contributed by atoms with van der Waals surface area (Å²) in [6.45, 7) is 0. The number of hydrogen-bond donors (Lipinski definition) is 3. The summed E-state index contributed by atoms with van der Waals surface area (Å²) in [6.07, 6.45) is 1.45. The molecule has 0 atom stereocenters. The first kappa shape index (κ1) is 8.61. The van der Waals surface area contributed by atoms with Crippen molar-refractivity contribution in [2.24, 2.45) is 0 Å². The van der Waals surface area contributed by atoms with Crippen LogP contribution in [0.4, 0.5) is 5.69 Å². The van der Waals surface area contributed by atoms with Crippen LogP contribution >= 0.6 is 0 Å². The van der Waals surface area contributed by atoms with E-state index in [1.165, 1.54) is 6.26 Å². The molecule has 0 bridgehead atoms. The maximum Gasteiger partial charge on any atom is 0.288 e. The van der Waals surface area contributed by atoms with E-state index >= 15 is 0 Å². The van der Waals surface area contributed by atoms with Crippen LogP contribution in [0.15, 0.2) is 16.7 Å². The van der Waals surface area contributed by atoms with Crippen LogP contribution in [0.1, 0.15) is 10.6 Å². The second-order valence-electron chi connectivity index (χ2n) is 2.12. The predicted octanol–water partition coefficient (Wildman–Crippen LogP) is 0.185. The van der Waals surface area contributed by atoms with E-state index in [0.717, 1.165) is 0 Å². The van der Waals surface area contributed by atoms with Crippen LogP contribution in [0.3, 0.4) is 0 Å². The Labute approximate surface area is 70.1 Å². The average Bonchev–Trinajstić information content (AvgIpc) is 2.52. The van der Waals surface area contributed by atoms with E-state index in [-0.39, 0.29) is 11.7 Å². The van der Waals surface area contributed by atoms with Crippen molar-refractivity contribution in [2.45, 2.75) is 0 Å². The molecular weight excluding hydrogens is 158 g/mol. The Kier molecular flexibility index (Phi) is 2.71. The van der Waals surface area contributed by atoms with Gasteiger partial charge in [0.2, 0.25) is 5.76 Å². The van der Waals surface area contributed by atoms with Crippen LogP contribution < -0.4 is 16.2 Å². The molecule has 5 nitrogen and oxygen atoms in total. The number of amides is 1. The van der Waals surface area contributed by atoms with Crippen molar-refractivity contribution < 1.29 is 9.21 Å². The summed E-state index contributed by atoms with van der Waals surface area (Å²) in [7, 11) is 3.26. The summed E-state index contributed by atoms with van der Waals surface area (Å²) < 4.78 is 4.96. The Morgan fingerprint density at radius 1 is 1.50 bits per heavy atom. The Bertz CT molecular complexity index is 269. The molecule has 5 heteroatoms. The summed E-state index contributed by atoms with van der Waals surface area (Å²) >= 11 is 0. The van der Waals surface area contributed by atoms with Crippen LogP contribution in [-0.4, -0.2) is 20.0 Å². The number of hydrogen-bond acceptors (Lipinski definition) is 4. The minimum Gasteiger partial charge on any atom is -0.457 e. The van der Waals surface area contributed by atoms with E-state index in [2.05, 4.69) is 16.2 Å². The maximum atomic E-state index is 11.1. The number of hydrazine groups is 1. The number of rotatable bonds is 3. The van der Waals surface area contributed by atoms with Gasteiger partial charge in [0, 0.05) is 20.2 Å². The van der Waals surface area contributed by atoms with Gasteiger partial charge >= 0.3 is 0 Å². The molecule has 1 aromatic rings. The Morgan fingerprint density at radius 3 is 2.83 bits per heavy atom. The van der Waals surface area contributed by atoms with Gasteiger partial charge in [-0.3, -0.25) is 4.79 Å². The zero-order chi connectivity index (χ0) is 8.97. The molecule has 0 aliphatic heterocycles. The highest BCUT2D eigenvalue weighted by Gasteiger charge is 2.12. The monoisotopic (exact) mass is 169 g/mol. The minimum atomic E-state index is -0.252. The Morgan fingerprint density at radius 2 is 2.25 bits per heavy atom. The van der Waals surface area contributed by atoms with Gasteiger partial charge in [0.05, 0.1) is 6.26 Å². The molecule has 0 saturated carbocycles. The van der Waals surface area contributed by atoms with Gasteiger partial charge in [-0.2, -0.15) is 0 Å². The fourth-order valence-corrected chi connectivity index (χ4v) is 0.832. The molecule has 1 rings (SSSR count). The molecule has 0 aromatic carbocycles. The second-order valence-corrected chi connectivity index (χ2v) is 2.12. The van der Waals surface area contributed by atoms with Crippen molar-refractivity contribution in [3.8, 4) is 0 Å². The summed E-state index contributed by atoms with van der Waals surface area (Å²) in [4.78, 5) is 11.1. The van der Waals surface area contributed by atoms with Crippen LogP contribution in [-0.2, 0) is 0 Å². The number of anilines is 1. The molecule has 12 heavy (non-hydrogen) atoms. The third-order valence-corrected chi connectivity index (χ3v) is 1.36. The lowest BCUT2D eigenvalue weighted by molar-refractivity contribution is 0.0936. The van der Waals surface area contributed by atoms with Crippen LogP contribution in [0.25, 0.3) is 0 Å². The Balaban J connectivity index is 2.83. The smallest absolute Gasteiger partial charge is 0.288 e. The molecule has 1 amide bonds. The molecule has 0 unspecified atom stereocenters. The van der Waals surface area contributed by atoms with E-state index in [1.807, 2.05) is 0 Å². The summed E-state index contributed by atoms with van der Waals surface area (Å²) in [5, 5.41) is 2.47. The fraction of sp³-hybridized carbons (Fsp3) is 0.286. The SMILES string of the molecule is CNNc1ccoc1C(=O)NC. The third-order valence-electron chi connectivity index (χ3n) is 1.36. The highest BCUT2D eigenvalue weighted by atomic mass is 16.3. The average molecular weight is 169 g/mol. The Hall–Kier alpha value is -1.49. The van der Waals surface area contributed by atoms with Gasteiger partial charge in [-0.1, -0.05) is 0 Å². The molecule has 1 heterocycles. The van der Waals surface area contributed by atoms with Gasteiger partial charge in [-0.25, -0.2) is 5.43 Å². The lowest BCUT2D eigenvalue weighted by Crippen LogP contribution is -2.21. The number of furan rings is 1. The molecule has 0 aliphatic carbocycles. The molecule has 1 aromatic heterocycles. The first-order chi connectivity index (χ1) is 5.79. The number of carbonyl (C=O) groups is 1. The topological polar surface area (TPSA) is 66.3 Å². The van der Waals surface area contributed by atoms with E-state index in [4.69, 9.17) is 4.42 Å². The third kappa shape index (κ3) is 1.57. The molecule has 0 aliphatic rings. The second kappa shape index (κ2) is 3.77. The van der Waals surface area contributed by atoms with E-state index in [0.29, 0.717) is 5.69 Å². The van der Waals surface area contributed by atoms with Crippen LogP contribution in [0, 0.1) is 0 Å². The van der Waals surface area contributed by atoms with E-state index in [1.54, 1.807) is 20.2 Å². The van der Waals surface area contributed by atoms with E-state index < -0.39 is 0 Å². The summed E-state index contributed by atoms with van der Waals surface area (Å²) in [5.41, 5.74) is 6.09. The number of nitrogens with one attached hydrogen (secondary N) is 3. The van der Waals surface area contributed by atoms with Crippen LogP contribution in [0.5, 0.6) is 0 Å². The molecule has 0 saturated heterocycles. The molecule has 66 valence electrons. The van der Waals surface area contributed by atoms with Crippen LogP contribution in [0.2, 0.25) is 0 Å². The van der Waals surface area contributed by atoms with Crippen molar-refractivity contribution >= 4 is 11.6 Å². The minimum absolute atomic E-state index is 0.252. The normalized spacial score (nSPS) is 9.50. The maximum absolute atomic E-state index is 11.1. The van der Waals surface area contributed by atoms with Crippen molar-refractivity contribution in [2.75, 3.05) is 19.5 Å². The molecule has 0 radical (unpaired) electrons. The van der Waals surface area contributed by atoms with Gasteiger partial charge in [-0.05, 0) is 0 Å². The van der Waals surface area contributed by atoms with Crippen molar-refractivity contribution in [1.29, 1.82) is 0 Å². The molecule has 0 fully saturated rings. The zero-order valence-corrected chi connectivity index (χ0v) is 6.97. The predicted molar refractivity (Wildman–Crippen MR) is 44.8 cm³/mol. The highest BCUT2D eigenvalue weighted by molar-refractivity contribution is 5.96. The van der Waals surface area contributed by atoms with Crippen molar-refractivity contribution in [3.63, 3.8) is 0 Å². The summed E-state index contributed by atoms with van der Waals surface area (Å²) in [5.74, 6) is 0.0181. The standard InChI is InChI=1S/C7H11N3O2/c1-8-7(11)6-5(10-9-2)3-4-12-6/h3-4,9-10H,1-2H3,(H,8,11). The quantitative estimate of drug-likeness (QED) is 0.565. The van der Waals surface area contributed by atoms with Crippen molar-refractivity contribution in [3.05, 3.63) is 18.1 Å². The number of carbonyl (C=O) groups excluding carboxylic acids is 1. The lowest BCUT2D eigenvalue weighted by atomic mass is 10.3. The lowest BCUT2D eigenvalue weighted by Gasteiger charge is -2.02. The van der Waals surface area contributed by atoms with Gasteiger partial charge in [0.25, 0.3) is 5.91 Å². The zero-order valence-electron chi connectivity index (χ0n) is 6.97. The fourth-order valence-electron chi connectivity index (χ4n) is 0.832. The molecule has 3 N–H and O–H groups in total. The first-order valence-electron chi connectivity index (χ1n) is 3.52. The molecule has 0 spiro atoms. The molecular formula is C7H11N3O2. The highest BCUT2D eigenvalue weighted by Crippen LogP contribution is 2.14. The van der Waals surface area contributed by atoms with Gasteiger partial charge in [-0.15, -0.1) is 0 Å². The largest absolute Gasteiger partial charge is 0.457 e. The van der Waals surface area contributed by atoms with Gasteiger partial charge in [0.15, 0.2) is 0 Å². The van der Waals surface area contributed by atoms with Gasteiger partial charge < -0.3 is 15.2 Å². The summed E-state index contributed by atoms with van der Waals surface area (Å²) in [6, 6.07) is 1.67.